The minimum Gasteiger partial charge on any atom is -0.454 e. The van der Waals surface area contributed by atoms with Crippen LogP contribution in [-0.2, 0) is 16.1 Å². The Bertz CT molecular complexity index is 827. The number of hydrogen-bond acceptors (Lipinski definition) is 6. The molecular weight excluding hydrogens is 370 g/mol. The van der Waals surface area contributed by atoms with Gasteiger partial charge in [-0.15, -0.1) is 22.7 Å². The molecule has 140 valence electrons. The highest BCUT2D eigenvalue weighted by Gasteiger charge is 2.21. The van der Waals surface area contributed by atoms with Gasteiger partial charge in [0.2, 0.25) is 11.7 Å². The van der Waals surface area contributed by atoms with E-state index in [9.17, 15) is 14.4 Å². The fourth-order valence-electron chi connectivity index (χ4n) is 2.17. The molecule has 26 heavy (non-hydrogen) atoms. The third-order valence-corrected chi connectivity index (χ3v) is 5.73. The van der Waals surface area contributed by atoms with Crippen molar-refractivity contribution in [2.75, 3.05) is 6.61 Å². The lowest BCUT2D eigenvalue weighted by molar-refractivity contribution is -0.128. The minimum atomic E-state index is -0.477. The van der Waals surface area contributed by atoms with Gasteiger partial charge in [-0.2, -0.15) is 0 Å². The lowest BCUT2D eigenvalue weighted by atomic mass is 9.96. The standard InChI is InChI=1S/C19H23NO4S2/c1-11-8-14(12(2)25-11)17(22)24-10-15(21)16-7-6-13(26-16)9-20-18(23)19(3,4)5/h6-8H,9-10H2,1-5H3,(H,20,23). The molecule has 7 heteroatoms. The van der Waals surface area contributed by atoms with Gasteiger partial charge in [-0.1, -0.05) is 20.8 Å². The number of carbonyl (C=O) groups excluding carboxylic acids is 3. The summed E-state index contributed by atoms with van der Waals surface area (Å²) in [4.78, 5) is 39.5. The summed E-state index contributed by atoms with van der Waals surface area (Å²) >= 11 is 2.82. The van der Waals surface area contributed by atoms with E-state index in [4.69, 9.17) is 4.74 Å². The van der Waals surface area contributed by atoms with E-state index in [1.165, 1.54) is 22.7 Å². The van der Waals surface area contributed by atoms with Crippen LogP contribution in [0.3, 0.4) is 0 Å². The summed E-state index contributed by atoms with van der Waals surface area (Å²) in [6.45, 7) is 9.39. The van der Waals surface area contributed by atoms with Gasteiger partial charge in [-0.05, 0) is 32.0 Å². The number of Topliss-reactive ketones (excluding diaryl/α,β-unsaturated/α-hetero) is 1. The van der Waals surface area contributed by atoms with Gasteiger partial charge in [-0.3, -0.25) is 9.59 Å². The van der Waals surface area contributed by atoms with Crippen molar-refractivity contribution in [1.29, 1.82) is 0 Å². The van der Waals surface area contributed by atoms with Crippen LogP contribution < -0.4 is 5.32 Å². The number of carbonyl (C=O) groups is 3. The molecule has 0 aliphatic rings. The number of rotatable bonds is 6. The third-order valence-electron chi connectivity index (χ3n) is 3.64. The molecule has 0 bridgehead atoms. The Labute approximate surface area is 161 Å². The summed E-state index contributed by atoms with van der Waals surface area (Å²) in [5.41, 5.74) is 0.0551. The topological polar surface area (TPSA) is 72.5 Å². The molecule has 5 nitrogen and oxygen atoms in total. The van der Waals surface area contributed by atoms with Crippen LogP contribution in [-0.4, -0.2) is 24.3 Å². The van der Waals surface area contributed by atoms with Crippen LogP contribution in [0.5, 0.6) is 0 Å². The lowest BCUT2D eigenvalue weighted by Gasteiger charge is -2.17. The molecule has 2 heterocycles. The Kier molecular flexibility index (Phi) is 6.36. The Morgan fingerprint density at radius 2 is 1.81 bits per heavy atom. The quantitative estimate of drug-likeness (QED) is 0.592. The molecule has 1 N–H and O–H groups in total. The summed E-state index contributed by atoms with van der Waals surface area (Å²) in [6.07, 6.45) is 0. The second kappa shape index (κ2) is 8.14. The summed E-state index contributed by atoms with van der Waals surface area (Å²) < 4.78 is 5.15. The van der Waals surface area contributed by atoms with Crippen molar-refractivity contribution in [2.45, 2.75) is 41.2 Å². The number of amides is 1. The molecule has 2 aromatic rings. The van der Waals surface area contributed by atoms with Gasteiger partial charge in [-0.25, -0.2) is 4.79 Å². The van der Waals surface area contributed by atoms with Crippen LogP contribution in [0, 0.1) is 19.3 Å². The van der Waals surface area contributed by atoms with E-state index < -0.39 is 11.4 Å². The van der Waals surface area contributed by atoms with E-state index in [1.807, 2.05) is 34.6 Å². The second-order valence-corrected chi connectivity index (χ2v) is 9.65. The predicted octanol–water partition coefficient (Wildman–Crippen LogP) is 4.13. The van der Waals surface area contributed by atoms with Crippen LogP contribution in [0.15, 0.2) is 18.2 Å². The molecule has 0 saturated carbocycles. The normalized spacial score (nSPS) is 11.3. The van der Waals surface area contributed by atoms with E-state index in [-0.39, 0.29) is 18.3 Å². The highest BCUT2D eigenvalue weighted by molar-refractivity contribution is 7.14. The molecule has 0 fully saturated rings. The van der Waals surface area contributed by atoms with Gasteiger partial charge < -0.3 is 10.1 Å². The second-order valence-electron chi connectivity index (χ2n) is 7.02. The molecule has 2 rings (SSSR count). The van der Waals surface area contributed by atoms with Crippen molar-refractivity contribution in [3.05, 3.63) is 43.3 Å². The maximum Gasteiger partial charge on any atom is 0.339 e. The van der Waals surface area contributed by atoms with E-state index in [0.29, 0.717) is 17.0 Å². The van der Waals surface area contributed by atoms with Crippen molar-refractivity contribution in [1.82, 2.24) is 5.32 Å². The van der Waals surface area contributed by atoms with Crippen LogP contribution in [0.1, 0.15) is 55.4 Å². The molecule has 0 aromatic carbocycles. The number of ketones is 1. The van der Waals surface area contributed by atoms with Crippen molar-refractivity contribution in [3.8, 4) is 0 Å². The minimum absolute atomic E-state index is 0.0471. The van der Waals surface area contributed by atoms with Crippen LogP contribution in [0.4, 0.5) is 0 Å². The first kappa shape index (κ1) is 20.3. The van der Waals surface area contributed by atoms with Crippen molar-refractivity contribution >= 4 is 40.3 Å². The first-order chi connectivity index (χ1) is 12.1. The number of nitrogens with one attached hydrogen (secondary N) is 1. The smallest absolute Gasteiger partial charge is 0.339 e. The number of ether oxygens (including phenoxy) is 1. The molecule has 0 spiro atoms. The lowest BCUT2D eigenvalue weighted by Crippen LogP contribution is -2.34. The zero-order valence-corrected chi connectivity index (χ0v) is 17.2. The number of esters is 1. The predicted molar refractivity (Wildman–Crippen MR) is 104 cm³/mol. The van der Waals surface area contributed by atoms with Crippen LogP contribution in [0.2, 0.25) is 0 Å². The van der Waals surface area contributed by atoms with Crippen LogP contribution >= 0.6 is 22.7 Å². The molecule has 0 aliphatic carbocycles. The van der Waals surface area contributed by atoms with Crippen molar-refractivity contribution in [2.24, 2.45) is 5.41 Å². The molecular formula is C19H23NO4S2. The Morgan fingerprint density at radius 1 is 1.12 bits per heavy atom. The molecule has 1 amide bonds. The number of thiophene rings is 2. The fourth-order valence-corrected chi connectivity index (χ4v) is 3.95. The average Bonchev–Trinajstić information content (AvgIpc) is 3.15. The highest BCUT2D eigenvalue weighted by Crippen LogP contribution is 2.22. The van der Waals surface area contributed by atoms with E-state index in [2.05, 4.69) is 5.32 Å². The summed E-state index contributed by atoms with van der Waals surface area (Å²) in [5, 5.41) is 2.85. The van der Waals surface area contributed by atoms with Gasteiger partial charge in [0.05, 0.1) is 17.0 Å². The monoisotopic (exact) mass is 393 g/mol. The molecule has 2 aromatic heterocycles. The van der Waals surface area contributed by atoms with Crippen molar-refractivity contribution < 1.29 is 19.1 Å². The molecule has 0 radical (unpaired) electrons. The Morgan fingerprint density at radius 3 is 2.38 bits per heavy atom. The van der Waals surface area contributed by atoms with E-state index in [0.717, 1.165) is 14.6 Å². The van der Waals surface area contributed by atoms with Crippen LogP contribution in [0.25, 0.3) is 0 Å². The van der Waals surface area contributed by atoms with Gasteiger partial charge in [0.1, 0.15) is 0 Å². The molecule has 0 atom stereocenters. The molecule has 0 aliphatic heterocycles. The maximum atomic E-state index is 12.2. The Balaban J connectivity index is 1.88. The molecule has 0 unspecified atom stereocenters. The SMILES string of the molecule is Cc1cc(C(=O)OCC(=O)c2ccc(CNC(=O)C(C)(C)C)s2)c(C)s1. The zero-order valence-electron chi connectivity index (χ0n) is 15.6. The third kappa shape index (κ3) is 5.25. The highest BCUT2D eigenvalue weighted by atomic mass is 32.1. The largest absolute Gasteiger partial charge is 0.454 e. The summed E-state index contributed by atoms with van der Waals surface area (Å²) in [7, 11) is 0. The zero-order chi connectivity index (χ0) is 19.5. The number of aryl methyl sites for hydroxylation is 2. The summed E-state index contributed by atoms with van der Waals surface area (Å²) in [6, 6.07) is 5.27. The van der Waals surface area contributed by atoms with Crippen molar-refractivity contribution in [3.63, 3.8) is 0 Å². The van der Waals surface area contributed by atoms with E-state index >= 15 is 0 Å². The van der Waals surface area contributed by atoms with Gasteiger partial charge in [0.15, 0.2) is 6.61 Å². The first-order valence-corrected chi connectivity index (χ1v) is 9.85. The number of hydrogen-bond donors (Lipinski definition) is 1. The first-order valence-electron chi connectivity index (χ1n) is 8.22. The maximum absolute atomic E-state index is 12.2. The Hall–Kier alpha value is -1.99. The van der Waals surface area contributed by atoms with Gasteiger partial charge in [0.25, 0.3) is 0 Å². The average molecular weight is 394 g/mol. The van der Waals surface area contributed by atoms with E-state index in [1.54, 1.807) is 18.2 Å². The van der Waals surface area contributed by atoms with Gasteiger partial charge in [0, 0.05) is 20.0 Å². The fraction of sp³-hybridized carbons (Fsp3) is 0.421. The van der Waals surface area contributed by atoms with Gasteiger partial charge >= 0.3 is 5.97 Å². The summed E-state index contributed by atoms with van der Waals surface area (Å²) in [5.74, 6) is -0.773. The molecule has 0 saturated heterocycles.